The summed E-state index contributed by atoms with van der Waals surface area (Å²) >= 11 is 0. The molecule has 5 rings (SSSR count). The minimum Gasteiger partial charge on any atom is -0.465 e. The van der Waals surface area contributed by atoms with Crippen LogP contribution in [-0.4, -0.2) is 150 Å². The molecule has 30 heteroatoms. The fraction of sp³-hybridized carbons (Fsp3) is 0.356. The molecule has 4 aliphatic rings. The third kappa shape index (κ3) is 48.6. The van der Waals surface area contributed by atoms with E-state index in [1.54, 1.807) is 66.0 Å². The molecule has 0 aromatic heterocycles. The van der Waals surface area contributed by atoms with E-state index in [1.165, 1.54) is 31.9 Å². The third-order valence-corrected chi connectivity index (χ3v) is 18.0. The van der Waals surface area contributed by atoms with Crippen molar-refractivity contribution < 1.29 is 187 Å². The Morgan fingerprint density at radius 3 is 1.31 bits per heavy atom. The van der Waals surface area contributed by atoms with Gasteiger partial charge in [-0.3, -0.25) is 14.4 Å². The van der Waals surface area contributed by atoms with E-state index in [4.69, 9.17) is 38.9 Å². The molecule has 0 spiro atoms. The van der Waals surface area contributed by atoms with E-state index >= 15 is 0 Å². The maximum absolute atomic E-state index is 14.5. The van der Waals surface area contributed by atoms with E-state index in [9.17, 15) is 39.3 Å². The molecule has 1 amide bonds. The highest BCUT2D eigenvalue weighted by Crippen LogP contribution is 2.40. The lowest BCUT2D eigenvalue weighted by Crippen LogP contribution is -2.64. The lowest BCUT2D eigenvalue weighted by molar-refractivity contribution is -0.816. The van der Waals surface area contributed by atoms with E-state index in [0.717, 1.165) is 11.1 Å². The van der Waals surface area contributed by atoms with Gasteiger partial charge in [0.1, 0.15) is 24.0 Å². The van der Waals surface area contributed by atoms with E-state index in [2.05, 4.69) is 356 Å². The number of allylic oxidation sites excluding steroid dienone is 4. The summed E-state index contributed by atoms with van der Waals surface area (Å²) in [7, 11) is 5.91. The van der Waals surface area contributed by atoms with Gasteiger partial charge in [-0.2, -0.15) is 0 Å². The number of carbonyl (C=O) groups excluding carboxylic acids is 5. The van der Waals surface area contributed by atoms with Crippen LogP contribution in [0.25, 0.3) is 6.08 Å². The number of fused-ring (bicyclic) bond motifs is 3. The largest absolute Gasteiger partial charge is 0.465 e. The van der Waals surface area contributed by atoms with Crippen LogP contribution in [0.1, 0.15) is 184 Å². The van der Waals surface area contributed by atoms with Crippen LogP contribution in [0.5, 0.6) is 0 Å². The molecule has 6 N–H and O–H groups in total. The molecule has 30 nitrogen and oxygen atoms in total. The number of ether oxygens (including phenoxy) is 6. The molecule has 0 radical (unpaired) electrons. The predicted molar refractivity (Wildman–Crippen MR) is 548 cm³/mol. The van der Waals surface area contributed by atoms with Gasteiger partial charge >= 0.3 is 11.9 Å². The average molecular weight is 1880 g/mol. The fourth-order valence-corrected chi connectivity index (χ4v) is 12.1. The van der Waals surface area contributed by atoms with E-state index < -0.39 is 89.8 Å². The molecule has 1 saturated carbocycles. The number of carbonyl (C=O) groups is 5. The number of rotatable bonds is 21. The molecule has 1 aliphatic carbocycles. The fourth-order valence-electron chi connectivity index (χ4n) is 12.1. The number of amides is 1. The number of piperidine rings is 1. The topological polar surface area (TPSA) is 368 Å². The van der Waals surface area contributed by atoms with Crippen molar-refractivity contribution in [1.82, 2.24) is 10.5 Å². The van der Waals surface area contributed by atoms with Crippen molar-refractivity contribution in [2.24, 2.45) is 29.6 Å². The summed E-state index contributed by atoms with van der Waals surface area (Å²) < 4.78 is 34.8. The standard InChI is InChI=1S/C52H75NO14.C52H6.H3NO14.34H2/c1-30-23-31(2)25-44(63-7)47-45(64-8)27-33(4)52(61,67-47)48(57)49(58)53-22-11-10-15-39(53)51(60)66-46(32(3)26-36-18-21-40(54)43(28-36)62-6)34(5)41(55)29-42(56)38(24-30)14-12-13-35-16-19-37(20-17-35)50(59)65-9;1-3-5-7-9-11-13-15-17-19-21-23-25-27-29-31-33-35-37-39-41-43-45-47-49-51-52-50-48-46-44-42-40-38-36-34-32-30-28-26-24-22-20-18-16-14-12-10-8-6-4-2;2-6-10-14-12-8-4-1-5-9-13-15-11-7-3;;;;;;;;;;;;;;;;;;;;;;;;;;;;;;;;;;/h12-13,16-17,19-20,24,26,31,33-34,36,38-41,43-47,54-55,61H,10-11,14-15,18,21-23,25,27-29H2,1-9H3;1-2H3;1-3H;34*1H/b13-12+,30-24+,32-26+;;;;;;;;;;;;;;;;;;;;;;;;;;;;;;;;;;;;/t31-,33+,34+,36-,38+,39-,40+,41-,43+,44-,45-,46+,47+,52+;;;;;;;;;;;;;;;;;;;;;;;;;;;;;;;;;;;;/m0..................................../s1. The third-order valence-electron chi connectivity index (χ3n) is 18.0. The summed E-state index contributed by atoms with van der Waals surface area (Å²) in [4.78, 5) is 78.2. The van der Waals surface area contributed by atoms with Gasteiger partial charge in [0.25, 0.3) is 11.7 Å². The van der Waals surface area contributed by atoms with Crippen molar-refractivity contribution in [1.29, 1.82) is 0 Å². The number of methoxy groups -OCH3 is 4. The number of aliphatic hydroxyl groups is 3. The van der Waals surface area contributed by atoms with E-state index in [-0.39, 0.29) is 98.0 Å². The van der Waals surface area contributed by atoms with Crippen LogP contribution in [-0.2, 0) is 108 Å². The molecule has 0 unspecified atom stereocenters. The van der Waals surface area contributed by atoms with Crippen LogP contribution < -0.4 is 5.64 Å². The Morgan fingerprint density at radius 2 is 0.918 bits per heavy atom. The quantitative estimate of drug-likeness (QED) is 0.0127. The average Bonchev–Trinajstić information content (AvgIpc) is 0.792. The van der Waals surface area contributed by atoms with Gasteiger partial charge in [0, 0.05) is 290 Å². The minimum absolute atomic E-state index is 0. The summed E-state index contributed by atoms with van der Waals surface area (Å²) in [6.45, 7) is 12.6. The zero-order valence-electron chi connectivity index (χ0n) is 74.2. The second kappa shape index (κ2) is 72.1. The summed E-state index contributed by atoms with van der Waals surface area (Å²) in [5.74, 6) is 117. The number of Topliss-reactive ketones (excluding diaryl/α,β-unsaturated/α-hetero) is 2. The zero-order valence-corrected chi connectivity index (χ0v) is 74.2. The van der Waals surface area contributed by atoms with Crippen molar-refractivity contribution in [3.8, 4) is 296 Å². The Hall–Kier alpha value is -15.7. The monoisotopic (exact) mass is 1880 g/mol. The van der Waals surface area contributed by atoms with Crippen LogP contribution in [0.4, 0.5) is 0 Å². The molecule has 134 heavy (non-hydrogen) atoms. The Morgan fingerprint density at radius 1 is 0.515 bits per heavy atom. The van der Waals surface area contributed by atoms with Crippen molar-refractivity contribution in [3.63, 3.8) is 0 Å². The Balaban J connectivity index is -0.0000000559. The maximum Gasteiger partial charge on any atom is 0.337 e. The number of ketones is 2. The Kier molecular flexibility index (Phi) is 60.6. The molecule has 2 saturated heterocycles. The molecule has 3 heterocycles. The maximum atomic E-state index is 14.5. The van der Waals surface area contributed by atoms with Gasteiger partial charge < -0.3 is 48.6 Å². The van der Waals surface area contributed by atoms with Gasteiger partial charge in [0.15, 0.2) is 0 Å². The van der Waals surface area contributed by atoms with Crippen molar-refractivity contribution in [3.05, 3.63) is 64.8 Å². The zero-order chi connectivity index (χ0) is 97.7. The number of cyclic esters (lactones) is 1. The van der Waals surface area contributed by atoms with Crippen LogP contribution >= 0.6 is 0 Å². The first-order valence-electron chi connectivity index (χ1n) is 39.7. The lowest BCUT2D eigenvalue weighted by atomic mass is 9.81. The molecule has 2 bridgehead atoms. The lowest BCUT2D eigenvalue weighted by Gasteiger charge is -2.47. The van der Waals surface area contributed by atoms with Gasteiger partial charge in [-0.05, 0) is 278 Å². The number of benzene rings is 1. The van der Waals surface area contributed by atoms with Crippen LogP contribution in [0.15, 0.2) is 53.6 Å². The number of aliphatic hydroxyl groups excluding tert-OH is 2. The van der Waals surface area contributed by atoms with E-state index in [0.29, 0.717) is 62.5 Å². The summed E-state index contributed by atoms with van der Waals surface area (Å²) in [5, 5.41) is 82.5. The highest BCUT2D eigenvalue weighted by Gasteiger charge is 2.57. The molecular weight excluding hydrogens is 1730 g/mol. The van der Waals surface area contributed by atoms with Gasteiger partial charge in [0.05, 0.1) is 43.2 Å². The van der Waals surface area contributed by atoms with Gasteiger partial charge in [0.2, 0.25) is 5.79 Å². The normalized spacial score (nSPS) is 21.1. The second-order valence-electron chi connectivity index (χ2n) is 26.9. The number of nitrogens with one attached hydrogen (secondary N) is 1. The number of nitrogens with zero attached hydrogens (tertiary/aromatic N) is 1. The smallest absolute Gasteiger partial charge is 0.337 e. The Bertz CT molecular complexity index is 6020. The Labute approximate surface area is 830 Å². The molecule has 3 fully saturated rings. The van der Waals surface area contributed by atoms with Crippen molar-refractivity contribution in [2.75, 3.05) is 35.0 Å². The van der Waals surface area contributed by atoms with Crippen LogP contribution in [0, 0.1) is 326 Å². The first kappa shape index (κ1) is 112. The molecule has 746 valence electrons. The molecule has 3 aliphatic heterocycles. The van der Waals surface area contributed by atoms with Crippen LogP contribution in [0.2, 0.25) is 0 Å². The molecule has 1 aromatic rings. The van der Waals surface area contributed by atoms with E-state index in [1.807, 2.05) is 38.2 Å². The van der Waals surface area contributed by atoms with Gasteiger partial charge in [-0.1, -0.05) is 84.6 Å². The van der Waals surface area contributed by atoms with Crippen molar-refractivity contribution in [2.45, 2.75) is 174 Å². The van der Waals surface area contributed by atoms with Gasteiger partial charge in [-0.25, -0.2) is 20.1 Å². The minimum atomic E-state index is -2.55. The summed E-state index contributed by atoms with van der Waals surface area (Å²) in [6, 6.07) is 5.72. The molecule has 14 atom stereocenters. The first-order chi connectivity index (χ1) is 65.2. The number of esters is 2. The highest BCUT2D eigenvalue weighted by molar-refractivity contribution is 6.39. The van der Waals surface area contributed by atoms with Crippen molar-refractivity contribution >= 4 is 35.5 Å². The molecule has 1 aromatic carbocycles. The summed E-state index contributed by atoms with van der Waals surface area (Å²) in [6.07, 6.45) is 6.29. The molecular formula is C104H152N2O28. The number of hydrogen-bond acceptors (Lipinski definition) is 29. The summed E-state index contributed by atoms with van der Waals surface area (Å²) in [5.41, 5.74) is 4.13. The second-order valence-corrected chi connectivity index (χ2v) is 26.9. The highest BCUT2D eigenvalue weighted by atomic mass is 17.9. The predicted octanol–water partition coefficient (Wildman–Crippen LogP) is 14.1. The number of hydrogen-bond donors (Lipinski definition) is 6. The van der Waals surface area contributed by atoms with Gasteiger partial charge in [-0.15, -0.1) is 0 Å². The van der Waals surface area contributed by atoms with Crippen LogP contribution in [0.3, 0.4) is 0 Å². The first-order valence-corrected chi connectivity index (χ1v) is 39.7. The SMILES string of the molecule is CC#CC#CC#CC#CC#CC#CC#CC#CC#CC#CC#CC#CC#CC#CC#CC#CC#CC#CC#CC#CC#CC#CC#CC#CC#CC.COC(=O)c1ccc(/C=C/C[C@@H]2/C=C(\C)C[C@H](C)C[C@H](OC)[C@H]3O[C@@](O)(C(=O)C(=O)N4CCCC[C@H]4C(=O)O[C@H](/C(C)=C/[C@@H]4CC[C@@H](O)[C@H](OC)C4)[C@H](C)[C@@H](O)CC2=O)[C@H](C)C[C@@H]3OC)cc1.OOOOOOONOOOOOOO.[HH].[HH].[HH].[HH].[HH].[HH].[HH].[HH].[HH].[HH].[HH].[HH].[HH].[HH].[HH].[HH].[HH].[HH].[HH].[HH].[HH].[HH].[HH].[HH].[HH].[HH].[HH].[HH].[HH].[HH].[HH].[HH].[HH].[HH].